The Morgan fingerprint density at radius 1 is 1.57 bits per heavy atom. The first-order valence-corrected chi connectivity index (χ1v) is 5.23. The van der Waals surface area contributed by atoms with Crippen molar-refractivity contribution in [3.05, 3.63) is 24.0 Å². The van der Waals surface area contributed by atoms with E-state index < -0.39 is 0 Å². The quantitative estimate of drug-likeness (QED) is 0.672. The van der Waals surface area contributed by atoms with E-state index in [4.69, 9.17) is 0 Å². The van der Waals surface area contributed by atoms with Crippen LogP contribution in [0.15, 0.2) is 18.3 Å². The molecule has 14 heavy (non-hydrogen) atoms. The second-order valence-corrected chi connectivity index (χ2v) is 3.64. The number of aryl methyl sites for hydroxylation is 1. The van der Waals surface area contributed by atoms with Gasteiger partial charge < -0.3 is 15.0 Å². The molecule has 0 aliphatic carbocycles. The summed E-state index contributed by atoms with van der Waals surface area (Å²) in [6, 6.07) is 4.14. The average molecular weight is 196 g/mol. The molecule has 0 aliphatic rings. The lowest BCUT2D eigenvalue weighted by molar-refractivity contribution is 0.159. The van der Waals surface area contributed by atoms with Crippen molar-refractivity contribution in [2.24, 2.45) is 7.05 Å². The molecular weight excluding hydrogens is 176 g/mol. The van der Waals surface area contributed by atoms with Crippen LogP contribution in [-0.4, -0.2) is 22.3 Å². The summed E-state index contributed by atoms with van der Waals surface area (Å²) >= 11 is 0. The van der Waals surface area contributed by atoms with Gasteiger partial charge in [-0.1, -0.05) is 6.92 Å². The Bertz CT molecular complexity index is 258. The van der Waals surface area contributed by atoms with Crippen molar-refractivity contribution in [2.75, 3.05) is 6.54 Å². The molecule has 1 heterocycles. The average Bonchev–Trinajstić information content (AvgIpc) is 2.58. The Hall–Kier alpha value is -0.800. The van der Waals surface area contributed by atoms with E-state index in [2.05, 4.69) is 16.0 Å². The molecule has 1 aromatic heterocycles. The second kappa shape index (κ2) is 5.83. The van der Waals surface area contributed by atoms with Gasteiger partial charge in [-0.25, -0.2) is 0 Å². The van der Waals surface area contributed by atoms with E-state index >= 15 is 0 Å². The minimum absolute atomic E-state index is 0.157. The van der Waals surface area contributed by atoms with Gasteiger partial charge in [0.15, 0.2) is 0 Å². The van der Waals surface area contributed by atoms with Crippen LogP contribution in [0, 0.1) is 0 Å². The third-order valence-corrected chi connectivity index (χ3v) is 2.48. The van der Waals surface area contributed by atoms with Gasteiger partial charge in [0.25, 0.3) is 0 Å². The fourth-order valence-electron chi connectivity index (χ4n) is 1.37. The maximum absolute atomic E-state index is 9.32. The maximum Gasteiger partial charge on any atom is 0.0549 e. The second-order valence-electron chi connectivity index (χ2n) is 3.64. The summed E-state index contributed by atoms with van der Waals surface area (Å²) in [6.45, 7) is 3.75. The van der Waals surface area contributed by atoms with Gasteiger partial charge in [-0.15, -0.1) is 0 Å². The van der Waals surface area contributed by atoms with Gasteiger partial charge in [0, 0.05) is 25.5 Å². The van der Waals surface area contributed by atoms with E-state index in [1.54, 1.807) is 0 Å². The van der Waals surface area contributed by atoms with Gasteiger partial charge in [0.05, 0.1) is 6.10 Å². The minimum atomic E-state index is -0.157. The predicted octanol–water partition coefficient (Wildman–Crippen LogP) is 1.28. The molecule has 0 radical (unpaired) electrons. The zero-order valence-electron chi connectivity index (χ0n) is 9.03. The van der Waals surface area contributed by atoms with Gasteiger partial charge >= 0.3 is 0 Å². The summed E-state index contributed by atoms with van der Waals surface area (Å²) < 4.78 is 2.10. The van der Waals surface area contributed by atoms with Crippen LogP contribution >= 0.6 is 0 Å². The van der Waals surface area contributed by atoms with Gasteiger partial charge in [-0.05, 0) is 31.5 Å². The number of nitrogens with one attached hydrogen (secondary N) is 1. The zero-order valence-corrected chi connectivity index (χ0v) is 9.03. The van der Waals surface area contributed by atoms with Crippen LogP contribution < -0.4 is 5.32 Å². The van der Waals surface area contributed by atoms with E-state index in [0.717, 1.165) is 25.9 Å². The monoisotopic (exact) mass is 196 g/mol. The first-order valence-electron chi connectivity index (χ1n) is 5.23. The van der Waals surface area contributed by atoms with Crippen molar-refractivity contribution < 1.29 is 5.11 Å². The van der Waals surface area contributed by atoms with Gasteiger partial charge in [-0.2, -0.15) is 0 Å². The van der Waals surface area contributed by atoms with E-state index in [-0.39, 0.29) is 6.10 Å². The molecule has 1 aromatic rings. The topological polar surface area (TPSA) is 37.2 Å². The van der Waals surface area contributed by atoms with Crippen LogP contribution in [-0.2, 0) is 13.6 Å². The van der Waals surface area contributed by atoms with Crippen LogP contribution in [0.1, 0.15) is 25.5 Å². The van der Waals surface area contributed by atoms with Crippen LogP contribution in [0.5, 0.6) is 0 Å². The lowest BCUT2D eigenvalue weighted by Gasteiger charge is -2.09. The van der Waals surface area contributed by atoms with Gasteiger partial charge in [0.1, 0.15) is 0 Å². The smallest absolute Gasteiger partial charge is 0.0549 e. The SMILES string of the molecule is CCC(O)CCNCc1cccn1C. The maximum atomic E-state index is 9.32. The molecule has 1 rings (SSSR count). The number of hydrogen-bond donors (Lipinski definition) is 2. The lowest BCUT2D eigenvalue weighted by Crippen LogP contribution is -2.20. The molecular formula is C11H20N2O. The summed E-state index contributed by atoms with van der Waals surface area (Å²) in [4.78, 5) is 0. The van der Waals surface area contributed by atoms with Crippen molar-refractivity contribution in [2.45, 2.75) is 32.4 Å². The fourth-order valence-corrected chi connectivity index (χ4v) is 1.37. The Kier molecular flexibility index (Phi) is 4.70. The van der Waals surface area contributed by atoms with E-state index in [0.29, 0.717) is 0 Å². The largest absolute Gasteiger partial charge is 0.393 e. The molecule has 1 atom stereocenters. The van der Waals surface area contributed by atoms with E-state index in [9.17, 15) is 5.11 Å². The molecule has 0 saturated carbocycles. The lowest BCUT2D eigenvalue weighted by atomic mass is 10.2. The third-order valence-electron chi connectivity index (χ3n) is 2.48. The fraction of sp³-hybridized carbons (Fsp3) is 0.636. The van der Waals surface area contributed by atoms with Crippen molar-refractivity contribution >= 4 is 0 Å². The molecule has 3 heteroatoms. The molecule has 3 nitrogen and oxygen atoms in total. The normalized spacial score (nSPS) is 13.1. The van der Waals surface area contributed by atoms with E-state index in [1.807, 2.05) is 26.2 Å². The number of aliphatic hydroxyl groups is 1. The van der Waals surface area contributed by atoms with Gasteiger partial charge in [0.2, 0.25) is 0 Å². The van der Waals surface area contributed by atoms with Gasteiger partial charge in [-0.3, -0.25) is 0 Å². The van der Waals surface area contributed by atoms with Crippen LogP contribution in [0.2, 0.25) is 0 Å². The number of rotatable bonds is 6. The number of hydrogen-bond acceptors (Lipinski definition) is 2. The first-order chi connectivity index (χ1) is 6.74. The molecule has 0 aromatic carbocycles. The van der Waals surface area contributed by atoms with Crippen molar-refractivity contribution in [1.29, 1.82) is 0 Å². The molecule has 0 bridgehead atoms. The highest BCUT2D eigenvalue weighted by Gasteiger charge is 2.00. The molecule has 0 aliphatic heterocycles. The Balaban J connectivity index is 2.13. The highest BCUT2D eigenvalue weighted by Crippen LogP contribution is 1.99. The molecule has 2 N–H and O–H groups in total. The Morgan fingerprint density at radius 2 is 2.36 bits per heavy atom. The standard InChI is InChI=1S/C11H20N2O/c1-3-11(14)6-7-12-9-10-5-4-8-13(10)2/h4-5,8,11-12,14H,3,6-7,9H2,1-2H3. The third kappa shape index (κ3) is 3.52. The number of aromatic nitrogens is 1. The van der Waals surface area contributed by atoms with Crippen molar-refractivity contribution in [3.63, 3.8) is 0 Å². The predicted molar refractivity (Wildman–Crippen MR) is 58.0 cm³/mol. The number of nitrogens with zero attached hydrogens (tertiary/aromatic N) is 1. The summed E-state index contributed by atoms with van der Waals surface area (Å²) in [5, 5.41) is 12.6. The molecule has 80 valence electrons. The minimum Gasteiger partial charge on any atom is -0.393 e. The highest BCUT2D eigenvalue weighted by atomic mass is 16.3. The summed E-state index contributed by atoms with van der Waals surface area (Å²) in [7, 11) is 2.04. The van der Waals surface area contributed by atoms with Crippen LogP contribution in [0.25, 0.3) is 0 Å². The molecule has 0 saturated heterocycles. The summed E-state index contributed by atoms with van der Waals surface area (Å²) in [6.07, 6.45) is 3.56. The Morgan fingerprint density at radius 3 is 2.93 bits per heavy atom. The first kappa shape index (κ1) is 11.3. The summed E-state index contributed by atoms with van der Waals surface area (Å²) in [5.41, 5.74) is 1.27. The summed E-state index contributed by atoms with van der Waals surface area (Å²) in [5.74, 6) is 0. The highest BCUT2D eigenvalue weighted by molar-refractivity contribution is 5.05. The van der Waals surface area contributed by atoms with E-state index in [1.165, 1.54) is 5.69 Å². The molecule has 1 unspecified atom stereocenters. The zero-order chi connectivity index (χ0) is 10.4. The molecule has 0 amide bonds. The Labute approximate surface area is 85.7 Å². The molecule has 0 spiro atoms. The van der Waals surface area contributed by atoms with Crippen LogP contribution in [0.3, 0.4) is 0 Å². The van der Waals surface area contributed by atoms with Crippen LogP contribution in [0.4, 0.5) is 0 Å². The van der Waals surface area contributed by atoms with Crippen molar-refractivity contribution in [3.8, 4) is 0 Å². The molecule has 0 fully saturated rings. The van der Waals surface area contributed by atoms with Crippen molar-refractivity contribution in [1.82, 2.24) is 9.88 Å². The number of aliphatic hydroxyl groups excluding tert-OH is 1.